The van der Waals surface area contributed by atoms with Gasteiger partial charge in [0.2, 0.25) is 0 Å². The number of halogens is 3. The van der Waals surface area contributed by atoms with E-state index in [-0.39, 0.29) is 28.0 Å². The number of rotatable bonds is 5. The number of anilines is 1. The molecule has 0 spiro atoms. The summed E-state index contributed by atoms with van der Waals surface area (Å²) in [5, 5.41) is 3.07. The second-order valence-corrected chi connectivity index (χ2v) is 8.68. The van der Waals surface area contributed by atoms with Crippen LogP contribution in [0, 0.1) is 12.8 Å². The van der Waals surface area contributed by atoms with Gasteiger partial charge in [-0.25, -0.2) is 9.69 Å². The van der Waals surface area contributed by atoms with Crippen LogP contribution in [-0.2, 0) is 9.59 Å². The Labute approximate surface area is 194 Å². The van der Waals surface area contributed by atoms with Gasteiger partial charge in [-0.05, 0) is 48.7 Å². The Balaban J connectivity index is 2.09. The topological polar surface area (TPSA) is 75.7 Å². The third-order valence-corrected chi connectivity index (χ3v) is 5.15. The summed E-state index contributed by atoms with van der Waals surface area (Å²) in [4.78, 5) is 39.0. The number of carbonyl (C=O) groups is 3. The number of ether oxygens (including phenoxy) is 1. The first kappa shape index (κ1) is 23.1. The first-order valence-electron chi connectivity index (χ1n) is 9.38. The van der Waals surface area contributed by atoms with Crippen molar-refractivity contribution in [2.75, 3.05) is 11.5 Å². The molecule has 9 heteroatoms. The van der Waals surface area contributed by atoms with Crippen LogP contribution in [0.1, 0.15) is 25.0 Å². The van der Waals surface area contributed by atoms with Crippen LogP contribution in [0.2, 0.25) is 15.1 Å². The van der Waals surface area contributed by atoms with Crippen LogP contribution in [0.3, 0.4) is 0 Å². The van der Waals surface area contributed by atoms with Gasteiger partial charge in [0.25, 0.3) is 11.8 Å². The summed E-state index contributed by atoms with van der Waals surface area (Å²) >= 11 is 18.5. The number of benzene rings is 2. The van der Waals surface area contributed by atoms with E-state index in [0.717, 1.165) is 4.90 Å². The third kappa shape index (κ3) is 5.03. The Bertz CT molecular complexity index is 1110. The summed E-state index contributed by atoms with van der Waals surface area (Å²) in [5.41, 5.74) is 0.975. The van der Waals surface area contributed by atoms with Gasteiger partial charge in [-0.15, -0.1) is 0 Å². The minimum atomic E-state index is -0.863. The number of nitrogens with one attached hydrogen (secondary N) is 1. The fourth-order valence-corrected chi connectivity index (χ4v) is 3.68. The van der Waals surface area contributed by atoms with Crippen molar-refractivity contribution >= 4 is 64.4 Å². The number of aryl methyl sites for hydroxylation is 1. The second-order valence-electron chi connectivity index (χ2n) is 7.40. The molecule has 2 aromatic carbocycles. The van der Waals surface area contributed by atoms with E-state index in [1.165, 1.54) is 24.3 Å². The summed E-state index contributed by atoms with van der Waals surface area (Å²) < 4.78 is 5.79. The molecule has 2 aromatic rings. The first-order chi connectivity index (χ1) is 14.6. The van der Waals surface area contributed by atoms with E-state index in [9.17, 15) is 14.4 Å². The highest BCUT2D eigenvalue weighted by Gasteiger charge is 2.37. The van der Waals surface area contributed by atoms with Gasteiger partial charge in [-0.2, -0.15) is 0 Å². The molecule has 1 aliphatic rings. The molecule has 0 atom stereocenters. The average Bonchev–Trinajstić information content (AvgIpc) is 2.66. The van der Waals surface area contributed by atoms with E-state index < -0.39 is 17.8 Å². The highest BCUT2D eigenvalue weighted by Crippen LogP contribution is 2.35. The van der Waals surface area contributed by atoms with Gasteiger partial charge in [-0.1, -0.05) is 54.7 Å². The predicted octanol–water partition coefficient (Wildman–Crippen LogP) is 5.66. The zero-order valence-corrected chi connectivity index (χ0v) is 19.2. The molecule has 4 amide bonds. The van der Waals surface area contributed by atoms with E-state index in [1.807, 2.05) is 13.8 Å². The number of urea groups is 1. The number of hydrogen-bond acceptors (Lipinski definition) is 4. The van der Waals surface area contributed by atoms with Gasteiger partial charge < -0.3 is 4.74 Å². The Kier molecular flexibility index (Phi) is 6.94. The average molecular weight is 482 g/mol. The highest BCUT2D eigenvalue weighted by atomic mass is 35.5. The van der Waals surface area contributed by atoms with Gasteiger partial charge in [0, 0.05) is 15.6 Å². The summed E-state index contributed by atoms with van der Waals surface area (Å²) in [7, 11) is 0. The van der Waals surface area contributed by atoms with Gasteiger partial charge in [0.1, 0.15) is 11.3 Å². The Morgan fingerprint density at radius 3 is 2.45 bits per heavy atom. The van der Waals surface area contributed by atoms with E-state index >= 15 is 0 Å². The van der Waals surface area contributed by atoms with Gasteiger partial charge >= 0.3 is 6.03 Å². The van der Waals surface area contributed by atoms with Crippen molar-refractivity contribution in [3.8, 4) is 5.75 Å². The number of amides is 4. The van der Waals surface area contributed by atoms with Crippen molar-refractivity contribution in [2.24, 2.45) is 5.92 Å². The SMILES string of the molecule is Cc1ccc(Cl)cc1N1C(=O)NC(=O)/C(=C\c2cc(Cl)cc(Cl)c2OCC(C)C)C1=O. The molecule has 1 heterocycles. The molecule has 1 fully saturated rings. The van der Waals surface area contributed by atoms with E-state index in [0.29, 0.717) is 27.8 Å². The third-order valence-electron chi connectivity index (χ3n) is 4.41. The molecule has 162 valence electrons. The molecule has 1 saturated heterocycles. The van der Waals surface area contributed by atoms with E-state index in [1.54, 1.807) is 19.1 Å². The second kappa shape index (κ2) is 9.30. The van der Waals surface area contributed by atoms with E-state index in [4.69, 9.17) is 39.5 Å². The monoisotopic (exact) mass is 480 g/mol. The maximum atomic E-state index is 13.2. The Hall–Kier alpha value is -2.54. The zero-order valence-electron chi connectivity index (χ0n) is 17.0. The largest absolute Gasteiger partial charge is 0.491 e. The van der Waals surface area contributed by atoms with Gasteiger partial charge in [0.05, 0.1) is 17.3 Å². The molecule has 0 aromatic heterocycles. The van der Waals surface area contributed by atoms with Gasteiger partial charge in [-0.3, -0.25) is 14.9 Å². The number of nitrogens with zero attached hydrogens (tertiary/aromatic N) is 1. The highest BCUT2D eigenvalue weighted by molar-refractivity contribution is 6.40. The van der Waals surface area contributed by atoms with Crippen LogP contribution in [-0.4, -0.2) is 24.5 Å². The molecular weight excluding hydrogens is 463 g/mol. The number of hydrogen-bond donors (Lipinski definition) is 1. The van der Waals surface area contributed by atoms with Crippen LogP contribution in [0.25, 0.3) is 6.08 Å². The van der Waals surface area contributed by atoms with Crippen LogP contribution in [0.15, 0.2) is 35.9 Å². The van der Waals surface area contributed by atoms with Crippen molar-refractivity contribution in [1.29, 1.82) is 0 Å². The first-order valence-corrected chi connectivity index (χ1v) is 10.5. The van der Waals surface area contributed by atoms with Crippen molar-refractivity contribution in [3.63, 3.8) is 0 Å². The molecule has 1 N–H and O–H groups in total. The number of imide groups is 2. The molecule has 0 radical (unpaired) electrons. The quantitative estimate of drug-likeness (QED) is 0.442. The Morgan fingerprint density at radius 1 is 1.06 bits per heavy atom. The summed E-state index contributed by atoms with van der Waals surface area (Å²) in [6.07, 6.45) is 1.31. The zero-order chi connectivity index (χ0) is 22.9. The van der Waals surface area contributed by atoms with Crippen LogP contribution in [0.5, 0.6) is 5.75 Å². The van der Waals surface area contributed by atoms with Crippen molar-refractivity contribution in [1.82, 2.24) is 5.32 Å². The maximum absolute atomic E-state index is 13.2. The van der Waals surface area contributed by atoms with Crippen LogP contribution < -0.4 is 15.0 Å². The summed E-state index contributed by atoms with van der Waals surface area (Å²) in [5.74, 6) is -1.14. The lowest BCUT2D eigenvalue weighted by molar-refractivity contribution is -0.122. The lowest BCUT2D eigenvalue weighted by atomic mass is 10.0. The minimum absolute atomic E-state index is 0.214. The fourth-order valence-electron chi connectivity index (χ4n) is 2.94. The fraction of sp³-hybridized carbons (Fsp3) is 0.227. The summed E-state index contributed by atoms with van der Waals surface area (Å²) in [6.45, 7) is 6.03. The molecule has 3 rings (SSSR count). The molecule has 0 saturated carbocycles. The van der Waals surface area contributed by atoms with Crippen molar-refractivity contribution in [3.05, 3.63) is 62.1 Å². The lowest BCUT2D eigenvalue weighted by Crippen LogP contribution is -2.54. The lowest BCUT2D eigenvalue weighted by Gasteiger charge is -2.27. The summed E-state index contributed by atoms with van der Waals surface area (Å²) in [6, 6.07) is 6.97. The molecule has 0 aliphatic carbocycles. The standard InChI is InChI=1S/C22H19Cl3N2O4/c1-11(2)10-31-19-13(6-15(24)8-17(19)25)7-16-20(28)26-22(30)27(21(16)29)18-9-14(23)5-4-12(18)3/h4-9,11H,10H2,1-3H3,(H,26,28,30)/b16-7+. The maximum Gasteiger partial charge on any atom is 0.335 e. The van der Waals surface area contributed by atoms with E-state index in [2.05, 4.69) is 5.32 Å². The van der Waals surface area contributed by atoms with Crippen molar-refractivity contribution in [2.45, 2.75) is 20.8 Å². The minimum Gasteiger partial charge on any atom is -0.491 e. The Morgan fingerprint density at radius 2 is 1.77 bits per heavy atom. The van der Waals surface area contributed by atoms with Crippen molar-refractivity contribution < 1.29 is 19.1 Å². The molecule has 1 aliphatic heterocycles. The molecule has 0 bridgehead atoms. The smallest absolute Gasteiger partial charge is 0.335 e. The van der Waals surface area contributed by atoms with Gasteiger partial charge in [0.15, 0.2) is 0 Å². The molecule has 31 heavy (non-hydrogen) atoms. The normalized spacial score (nSPS) is 15.6. The molecular formula is C22H19Cl3N2O4. The molecule has 6 nitrogen and oxygen atoms in total. The van der Waals surface area contributed by atoms with Crippen LogP contribution in [0.4, 0.5) is 10.5 Å². The number of carbonyl (C=O) groups excluding carboxylic acids is 3. The number of barbiturate groups is 1. The molecule has 0 unspecified atom stereocenters. The predicted molar refractivity (Wildman–Crippen MR) is 122 cm³/mol. The van der Waals surface area contributed by atoms with Crippen LogP contribution >= 0.6 is 34.8 Å².